The second kappa shape index (κ2) is 5.33. The summed E-state index contributed by atoms with van der Waals surface area (Å²) in [6, 6.07) is 29.4. The summed E-state index contributed by atoms with van der Waals surface area (Å²) >= 11 is 3.87. The number of halogens is 1. The quantitative estimate of drug-likeness (QED) is 0.260. The predicted molar refractivity (Wildman–Crippen MR) is 117 cm³/mol. The molecule has 0 aromatic heterocycles. The SMILES string of the molecule is C[C@@]1(CBr)c2cccc3c2[C@H](c2ccccc2-3)c2c1ccc1ccccc21. The third kappa shape index (κ3) is 1.83. The van der Waals surface area contributed by atoms with Gasteiger partial charge >= 0.3 is 0 Å². The van der Waals surface area contributed by atoms with Crippen molar-refractivity contribution in [3.05, 3.63) is 107 Å². The van der Waals surface area contributed by atoms with E-state index in [1.54, 1.807) is 0 Å². The van der Waals surface area contributed by atoms with Crippen molar-refractivity contribution in [2.45, 2.75) is 18.3 Å². The molecule has 0 bridgehead atoms. The molecule has 0 nitrogen and oxygen atoms in total. The van der Waals surface area contributed by atoms with Crippen molar-refractivity contribution in [2.75, 3.05) is 5.33 Å². The van der Waals surface area contributed by atoms with Gasteiger partial charge in [0.25, 0.3) is 0 Å². The van der Waals surface area contributed by atoms with E-state index in [1.807, 2.05) is 0 Å². The van der Waals surface area contributed by atoms with Crippen LogP contribution >= 0.6 is 15.9 Å². The maximum Gasteiger partial charge on any atom is 0.0364 e. The molecule has 0 N–H and O–H groups in total. The van der Waals surface area contributed by atoms with Crippen molar-refractivity contribution in [1.82, 2.24) is 0 Å². The van der Waals surface area contributed by atoms with Crippen LogP contribution in [-0.4, -0.2) is 5.33 Å². The van der Waals surface area contributed by atoms with Crippen LogP contribution in [0.15, 0.2) is 78.9 Å². The minimum atomic E-state index is -0.0246. The zero-order chi connectivity index (χ0) is 18.2. The molecule has 2 atom stereocenters. The molecule has 4 aromatic rings. The zero-order valence-corrected chi connectivity index (χ0v) is 16.8. The van der Waals surface area contributed by atoms with E-state index in [1.165, 1.54) is 49.7 Å². The van der Waals surface area contributed by atoms with Crippen LogP contribution in [0.4, 0.5) is 0 Å². The Morgan fingerprint density at radius 1 is 0.741 bits per heavy atom. The molecule has 0 radical (unpaired) electrons. The minimum Gasteiger partial charge on any atom is -0.0915 e. The summed E-state index contributed by atoms with van der Waals surface area (Å²) < 4.78 is 0. The molecule has 0 aliphatic heterocycles. The first kappa shape index (κ1) is 15.7. The van der Waals surface area contributed by atoms with E-state index < -0.39 is 0 Å². The van der Waals surface area contributed by atoms with Crippen molar-refractivity contribution in [3.63, 3.8) is 0 Å². The second-order valence-electron chi connectivity index (χ2n) is 8.00. The molecular formula is C26H19Br. The fourth-order valence-electron chi connectivity index (χ4n) is 5.42. The topological polar surface area (TPSA) is 0 Å². The molecule has 2 aliphatic rings. The van der Waals surface area contributed by atoms with Crippen molar-refractivity contribution in [1.29, 1.82) is 0 Å². The Labute approximate surface area is 168 Å². The van der Waals surface area contributed by atoms with Gasteiger partial charge in [0, 0.05) is 16.7 Å². The van der Waals surface area contributed by atoms with Gasteiger partial charge in [0.15, 0.2) is 0 Å². The van der Waals surface area contributed by atoms with E-state index in [-0.39, 0.29) is 5.41 Å². The van der Waals surface area contributed by atoms with Crippen molar-refractivity contribution in [3.8, 4) is 11.1 Å². The number of hydrogen-bond donors (Lipinski definition) is 0. The molecule has 0 saturated heterocycles. The highest BCUT2D eigenvalue weighted by Crippen LogP contribution is 2.58. The number of rotatable bonds is 1. The van der Waals surface area contributed by atoms with Gasteiger partial charge in [0.2, 0.25) is 0 Å². The van der Waals surface area contributed by atoms with E-state index in [0.717, 1.165) is 5.33 Å². The monoisotopic (exact) mass is 410 g/mol. The third-order valence-electron chi connectivity index (χ3n) is 6.67. The lowest BCUT2D eigenvalue weighted by molar-refractivity contribution is 0.618. The first-order valence-electron chi connectivity index (χ1n) is 9.55. The average molecular weight is 411 g/mol. The highest BCUT2D eigenvalue weighted by atomic mass is 79.9. The minimum absolute atomic E-state index is 0.0246. The number of fused-ring (bicyclic) bond motifs is 7. The Morgan fingerprint density at radius 3 is 2.37 bits per heavy atom. The van der Waals surface area contributed by atoms with Crippen LogP contribution in [0.3, 0.4) is 0 Å². The molecule has 0 fully saturated rings. The number of alkyl halides is 1. The molecule has 27 heavy (non-hydrogen) atoms. The molecule has 130 valence electrons. The lowest BCUT2D eigenvalue weighted by atomic mass is 9.64. The van der Waals surface area contributed by atoms with Crippen LogP contribution in [0.1, 0.15) is 40.7 Å². The first-order valence-corrected chi connectivity index (χ1v) is 10.7. The molecule has 0 amide bonds. The van der Waals surface area contributed by atoms with Gasteiger partial charge in [-0.25, -0.2) is 0 Å². The smallest absolute Gasteiger partial charge is 0.0364 e. The summed E-state index contributed by atoms with van der Waals surface area (Å²) in [6.07, 6.45) is 0. The third-order valence-corrected chi connectivity index (χ3v) is 7.79. The van der Waals surface area contributed by atoms with Gasteiger partial charge in [-0.15, -0.1) is 0 Å². The average Bonchev–Trinajstić information content (AvgIpc) is 3.06. The first-order chi connectivity index (χ1) is 13.2. The van der Waals surface area contributed by atoms with Gasteiger partial charge in [-0.1, -0.05) is 102 Å². The Bertz CT molecular complexity index is 1240. The lowest BCUT2D eigenvalue weighted by Gasteiger charge is -2.40. The fourth-order valence-corrected chi connectivity index (χ4v) is 6.02. The van der Waals surface area contributed by atoms with E-state index in [2.05, 4.69) is 102 Å². The highest BCUT2D eigenvalue weighted by Gasteiger charge is 2.45. The Hall–Kier alpha value is -2.38. The molecule has 4 aromatic carbocycles. The van der Waals surface area contributed by atoms with Gasteiger partial charge in [-0.3, -0.25) is 0 Å². The summed E-state index contributed by atoms with van der Waals surface area (Å²) in [5.41, 5.74) is 10.2. The summed E-state index contributed by atoms with van der Waals surface area (Å²) in [6.45, 7) is 2.39. The fraction of sp³-hybridized carbons (Fsp3) is 0.154. The van der Waals surface area contributed by atoms with E-state index in [4.69, 9.17) is 0 Å². The van der Waals surface area contributed by atoms with Crippen molar-refractivity contribution in [2.24, 2.45) is 0 Å². The molecule has 6 rings (SSSR count). The summed E-state index contributed by atoms with van der Waals surface area (Å²) in [5.74, 6) is 0.334. The maximum absolute atomic E-state index is 3.87. The van der Waals surface area contributed by atoms with Gasteiger partial charge in [-0.2, -0.15) is 0 Å². The standard InChI is InChI=1S/C26H19Br/c1-26(15-27)21-12-6-11-19-18-9-4-5-10-20(18)25(24(19)21)23-17-8-3-2-7-16(17)13-14-22(23)26/h2-14,25H,15H2,1H3/t25-,26-/m1/s1. The molecule has 2 aliphatic carbocycles. The number of hydrogen-bond acceptors (Lipinski definition) is 0. The van der Waals surface area contributed by atoms with Crippen LogP contribution in [0.25, 0.3) is 21.9 Å². The molecular weight excluding hydrogens is 392 g/mol. The van der Waals surface area contributed by atoms with E-state index >= 15 is 0 Å². The maximum atomic E-state index is 3.87. The molecule has 0 unspecified atom stereocenters. The van der Waals surface area contributed by atoms with Gasteiger partial charge < -0.3 is 0 Å². The van der Waals surface area contributed by atoms with Crippen LogP contribution in [-0.2, 0) is 5.41 Å². The van der Waals surface area contributed by atoms with Crippen LogP contribution in [0, 0.1) is 0 Å². The van der Waals surface area contributed by atoms with E-state index in [9.17, 15) is 0 Å². The van der Waals surface area contributed by atoms with Gasteiger partial charge in [0.05, 0.1) is 0 Å². The van der Waals surface area contributed by atoms with Crippen molar-refractivity contribution < 1.29 is 0 Å². The predicted octanol–water partition coefficient (Wildman–Crippen LogP) is 7.01. The van der Waals surface area contributed by atoms with Crippen LogP contribution in [0.5, 0.6) is 0 Å². The largest absolute Gasteiger partial charge is 0.0915 e. The molecule has 0 saturated carbocycles. The Morgan fingerprint density at radius 2 is 1.48 bits per heavy atom. The van der Waals surface area contributed by atoms with Gasteiger partial charge in [-0.05, 0) is 49.7 Å². The molecule has 0 heterocycles. The normalized spacial score (nSPS) is 21.6. The summed E-state index contributed by atoms with van der Waals surface area (Å²) in [7, 11) is 0. The van der Waals surface area contributed by atoms with Crippen LogP contribution < -0.4 is 0 Å². The molecule has 0 spiro atoms. The second-order valence-corrected chi connectivity index (χ2v) is 8.56. The van der Waals surface area contributed by atoms with Gasteiger partial charge in [0.1, 0.15) is 0 Å². The molecule has 1 heteroatoms. The summed E-state index contributed by atoms with van der Waals surface area (Å²) in [5, 5.41) is 3.65. The highest BCUT2D eigenvalue weighted by molar-refractivity contribution is 9.09. The van der Waals surface area contributed by atoms with E-state index in [0.29, 0.717) is 5.92 Å². The summed E-state index contributed by atoms with van der Waals surface area (Å²) in [4.78, 5) is 0. The van der Waals surface area contributed by atoms with Crippen molar-refractivity contribution >= 4 is 26.7 Å². The number of benzene rings is 4. The Balaban J connectivity index is 1.84. The Kier molecular flexibility index (Phi) is 3.09. The lowest BCUT2D eigenvalue weighted by Crippen LogP contribution is -2.33. The van der Waals surface area contributed by atoms with Crippen LogP contribution in [0.2, 0.25) is 0 Å². The zero-order valence-electron chi connectivity index (χ0n) is 15.2.